The van der Waals surface area contributed by atoms with Crippen molar-refractivity contribution in [2.24, 2.45) is 0 Å². The summed E-state index contributed by atoms with van der Waals surface area (Å²) in [4.78, 5) is 0. The van der Waals surface area contributed by atoms with Crippen molar-refractivity contribution in [1.29, 1.82) is 0 Å². The Labute approximate surface area is 97.7 Å². The molecule has 0 aliphatic rings. The van der Waals surface area contributed by atoms with Gasteiger partial charge in [0.25, 0.3) is 0 Å². The lowest BCUT2D eigenvalue weighted by molar-refractivity contribution is -0.131. The Morgan fingerprint density at radius 3 is 1.59 bits per heavy atom. The van der Waals surface area contributed by atoms with E-state index in [1.54, 1.807) is 6.92 Å². The van der Waals surface area contributed by atoms with Crippen molar-refractivity contribution in [1.82, 2.24) is 0 Å². The second-order valence-electron chi connectivity index (χ2n) is 3.83. The van der Waals surface area contributed by atoms with Gasteiger partial charge >= 0.3 is 12.4 Å². The molecule has 1 nitrogen and oxygen atoms in total. The van der Waals surface area contributed by atoms with Gasteiger partial charge in [0.15, 0.2) is 0 Å². The number of rotatable bonds is 7. The van der Waals surface area contributed by atoms with Crippen molar-refractivity contribution < 1.29 is 31.1 Å². The molecule has 0 aromatic rings. The van der Waals surface area contributed by atoms with Crippen molar-refractivity contribution in [3.8, 4) is 0 Å². The Hall–Kier alpha value is -0.243. The Bertz CT molecular complexity index is 185. The van der Waals surface area contributed by atoms with Crippen molar-refractivity contribution in [3.05, 3.63) is 0 Å². The van der Waals surface area contributed by atoms with E-state index in [1.165, 1.54) is 0 Å². The van der Waals surface area contributed by atoms with Crippen LogP contribution < -0.4 is 0 Å². The van der Waals surface area contributed by atoms with E-state index in [0.717, 1.165) is 0 Å². The van der Waals surface area contributed by atoms with Crippen molar-refractivity contribution in [2.45, 2.75) is 44.2 Å². The SMILES string of the molecule is CCOC[SiH](CCC(F)(F)F)CCC(F)(F)F. The van der Waals surface area contributed by atoms with Gasteiger partial charge < -0.3 is 4.74 Å². The molecule has 0 radical (unpaired) electrons. The highest BCUT2D eigenvalue weighted by Gasteiger charge is 2.32. The minimum atomic E-state index is -4.30. The van der Waals surface area contributed by atoms with Gasteiger partial charge in [-0.2, -0.15) is 26.3 Å². The lowest BCUT2D eigenvalue weighted by Crippen LogP contribution is -2.25. The smallest absolute Gasteiger partial charge is 0.385 e. The summed E-state index contributed by atoms with van der Waals surface area (Å²) in [6.07, 6.45) is -10.5. The summed E-state index contributed by atoms with van der Waals surface area (Å²) in [5, 5.41) is 0. The van der Waals surface area contributed by atoms with Gasteiger partial charge in [-0.25, -0.2) is 0 Å². The summed E-state index contributed by atoms with van der Waals surface area (Å²) >= 11 is 0. The van der Waals surface area contributed by atoms with E-state index >= 15 is 0 Å². The molecule has 0 aliphatic heterocycles. The Balaban J connectivity index is 4.05. The molecule has 0 saturated carbocycles. The van der Waals surface area contributed by atoms with Gasteiger partial charge in [-0.1, -0.05) is 0 Å². The van der Waals surface area contributed by atoms with E-state index in [-0.39, 0.29) is 18.3 Å². The molecule has 0 amide bonds. The predicted molar refractivity (Wildman–Crippen MR) is 54.6 cm³/mol. The molecule has 0 N–H and O–H groups in total. The summed E-state index contributed by atoms with van der Waals surface area (Å²) in [5.74, 6) is 0. The maximum absolute atomic E-state index is 12.0. The molecule has 8 heteroatoms. The average Bonchev–Trinajstić information content (AvgIpc) is 2.13. The number of ether oxygens (including phenoxy) is 1. The van der Waals surface area contributed by atoms with Gasteiger partial charge in [-0.05, 0) is 19.0 Å². The first-order valence-corrected chi connectivity index (χ1v) is 7.80. The monoisotopic (exact) mass is 282 g/mol. The number of halogens is 6. The van der Waals surface area contributed by atoms with E-state index < -0.39 is 34.0 Å². The fourth-order valence-electron chi connectivity index (χ4n) is 1.33. The molecular weight excluding hydrogens is 266 g/mol. The fourth-order valence-corrected chi connectivity index (χ4v) is 3.99. The standard InChI is InChI=1S/C9H16F6OSi/c1-2-16-7-17(5-3-8(10,11)12)6-4-9(13,14)15/h17H,2-7H2,1H3. The van der Waals surface area contributed by atoms with Crippen LogP contribution in [0.15, 0.2) is 0 Å². The van der Waals surface area contributed by atoms with E-state index in [4.69, 9.17) is 4.74 Å². The normalized spacial score (nSPS) is 13.4. The van der Waals surface area contributed by atoms with Gasteiger partial charge in [0.05, 0.1) is 8.80 Å². The van der Waals surface area contributed by atoms with Gasteiger partial charge in [0.2, 0.25) is 0 Å². The molecule has 0 aromatic carbocycles. The highest BCUT2D eigenvalue weighted by atomic mass is 28.3. The van der Waals surface area contributed by atoms with Crippen LogP contribution in [-0.2, 0) is 4.74 Å². The second kappa shape index (κ2) is 7.25. The zero-order chi connectivity index (χ0) is 13.5. The molecule has 0 aliphatic carbocycles. The van der Waals surface area contributed by atoms with Crippen LogP contribution in [0.5, 0.6) is 0 Å². The van der Waals surface area contributed by atoms with E-state index in [9.17, 15) is 26.3 Å². The highest BCUT2D eigenvalue weighted by Crippen LogP contribution is 2.27. The van der Waals surface area contributed by atoms with Crippen molar-refractivity contribution >= 4 is 8.80 Å². The summed E-state index contributed by atoms with van der Waals surface area (Å²) in [5.41, 5.74) is 0. The van der Waals surface area contributed by atoms with Gasteiger partial charge in [0, 0.05) is 25.7 Å². The van der Waals surface area contributed by atoms with Gasteiger partial charge in [-0.3, -0.25) is 0 Å². The molecule has 17 heavy (non-hydrogen) atoms. The van der Waals surface area contributed by atoms with E-state index in [1.807, 2.05) is 0 Å². The first-order valence-electron chi connectivity index (χ1n) is 5.35. The summed E-state index contributed by atoms with van der Waals surface area (Å²) in [7, 11) is -2.11. The van der Waals surface area contributed by atoms with Crippen molar-refractivity contribution in [3.63, 3.8) is 0 Å². The van der Waals surface area contributed by atoms with Crippen LogP contribution in [0.4, 0.5) is 26.3 Å². The van der Waals surface area contributed by atoms with Gasteiger partial charge in [0.1, 0.15) is 0 Å². The summed E-state index contributed by atoms with van der Waals surface area (Å²) in [6, 6.07) is -0.362. The molecule has 0 bridgehead atoms. The van der Waals surface area contributed by atoms with E-state index in [0.29, 0.717) is 6.61 Å². The third-order valence-electron chi connectivity index (χ3n) is 2.23. The molecule has 104 valence electrons. The molecule has 0 spiro atoms. The highest BCUT2D eigenvalue weighted by molar-refractivity contribution is 6.58. The van der Waals surface area contributed by atoms with Crippen LogP contribution in [0.2, 0.25) is 12.1 Å². The number of hydrogen-bond donors (Lipinski definition) is 0. The largest absolute Gasteiger partial charge is 0.388 e. The molecule has 0 rings (SSSR count). The average molecular weight is 282 g/mol. The first kappa shape index (κ1) is 16.8. The van der Waals surface area contributed by atoms with E-state index in [2.05, 4.69) is 0 Å². The lowest BCUT2D eigenvalue weighted by atomic mass is 10.5. The Kier molecular flexibility index (Phi) is 7.15. The molecule has 0 fully saturated rings. The summed E-state index contributed by atoms with van der Waals surface area (Å²) in [6.45, 7) is 1.99. The first-order chi connectivity index (χ1) is 7.64. The summed E-state index contributed by atoms with van der Waals surface area (Å²) < 4.78 is 76.8. The maximum Gasteiger partial charge on any atom is 0.388 e. The number of alkyl halides is 6. The topological polar surface area (TPSA) is 9.23 Å². The van der Waals surface area contributed by atoms with Crippen LogP contribution >= 0.6 is 0 Å². The molecule has 0 heterocycles. The van der Waals surface area contributed by atoms with Crippen LogP contribution in [0, 0.1) is 0 Å². The quantitative estimate of drug-likeness (QED) is 0.511. The third kappa shape index (κ3) is 12.0. The lowest BCUT2D eigenvalue weighted by Gasteiger charge is -2.17. The van der Waals surface area contributed by atoms with Crippen molar-refractivity contribution in [2.75, 3.05) is 12.8 Å². The van der Waals surface area contributed by atoms with Crippen LogP contribution in [0.3, 0.4) is 0 Å². The zero-order valence-corrected chi connectivity index (χ0v) is 10.7. The molecule has 0 atom stereocenters. The maximum atomic E-state index is 12.0. The Morgan fingerprint density at radius 2 is 1.29 bits per heavy atom. The minimum Gasteiger partial charge on any atom is -0.385 e. The Morgan fingerprint density at radius 1 is 0.882 bits per heavy atom. The fraction of sp³-hybridized carbons (Fsp3) is 1.00. The molecule has 0 aromatic heterocycles. The van der Waals surface area contributed by atoms with Crippen LogP contribution in [0.25, 0.3) is 0 Å². The second-order valence-corrected chi connectivity index (χ2v) is 7.05. The van der Waals surface area contributed by atoms with Crippen LogP contribution in [-0.4, -0.2) is 34.0 Å². The molecular formula is C9H16F6OSi. The number of hydrogen-bond acceptors (Lipinski definition) is 1. The molecule has 0 saturated heterocycles. The zero-order valence-electron chi connectivity index (χ0n) is 9.50. The predicted octanol–water partition coefficient (Wildman–Crippen LogP) is 3.69. The van der Waals surface area contributed by atoms with Gasteiger partial charge in [-0.15, -0.1) is 0 Å². The minimum absolute atomic E-state index is 0.0860. The third-order valence-corrected chi connectivity index (χ3v) is 5.15. The van der Waals surface area contributed by atoms with Crippen LogP contribution in [0.1, 0.15) is 19.8 Å². The molecule has 0 unspecified atom stereocenters.